The number of rotatable bonds is 5. The molecule has 4 rings (SSSR count). The van der Waals surface area contributed by atoms with Crippen molar-refractivity contribution in [1.82, 2.24) is 9.38 Å². The molecule has 2 aromatic carbocycles. The molecule has 0 unspecified atom stereocenters. The summed E-state index contributed by atoms with van der Waals surface area (Å²) in [5, 5.41) is 12.7. The molecule has 4 aromatic rings. The molecule has 0 aliphatic rings. The highest BCUT2D eigenvalue weighted by atomic mass is 35.5. The Bertz CT molecular complexity index is 1270. The van der Waals surface area contributed by atoms with Gasteiger partial charge in [-0.15, -0.1) is 0 Å². The number of aromatic carboxylic acids is 1. The van der Waals surface area contributed by atoms with Crippen molar-refractivity contribution in [2.75, 3.05) is 5.32 Å². The van der Waals surface area contributed by atoms with Crippen LogP contribution in [0.5, 0.6) is 0 Å². The smallest absolute Gasteiger partial charge is 0.337 e. The fraction of sp³-hybridized carbons (Fsp3) is 0.0455. The Labute approximate surface area is 181 Å². The third kappa shape index (κ3) is 4.01. The zero-order valence-corrected chi connectivity index (χ0v) is 17.0. The quantitative estimate of drug-likeness (QED) is 0.448. The Morgan fingerprint density at radius 2 is 1.80 bits per heavy atom. The van der Waals surface area contributed by atoms with Gasteiger partial charge in [0.25, 0.3) is 0 Å². The van der Waals surface area contributed by atoms with Gasteiger partial charge in [0.2, 0.25) is 5.91 Å². The standard InChI is InChI=1S/C22H15Cl2N3O3/c23-14-6-4-13(5-7-14)21-18(27-10-2-1-3-19(27)26-21)12-20(28)25-15-8-9-17(24)16(11-15)22(29)30/h1-11H,12H2,(H,25,28)(H,29,30). The monoisotopic (exact) mass is 439 g/mol. The number of carboxylic acids is 1. The molecule has 0 aliphatic heterocycles. The van der Waals surface area contributed by atoms with E-state index in [-0.39, 0.29) is 22.9 Å². The number of carboxylic acid groups (broad SMARTS) is 1. The van der Waals surface area contributed by atoms with E-state index in [4.69, 9.17) is 23.2 Å². The van der Waals surface area contributed by atoms with Crippen LogP contribution in [0.1, 0.15) is 16.1 Å². The van der Waals surface area contributed by atoms with E-state index in [1.54, 1.807) is 18.2 Å². The maximum Gasteiger partial charge on any atom is 0.337 e. The zero-order chi connectivity index (χ0) is 21.3. The maximum atomic E-state index is 12.8. The second-order valence-electron chi connectivity index (χ2n) is 6.57. The van der Waals surface area contributed by atoms with Crippen LogP contribution in [0, 0.1) is 0 Å². The first-order chi connectivity index (χ1) is 14.4. The number of hydrogen-bond donors (Lipinski definition) is 2. The summed E-state index contributed by atoms with van der Waals surface area (Å²) in [6.45, 7) is 0. The number of anilines is 1. The van der Waals surface area contributed by atoms with Gasteiger partial charge in [0.1, 0.15) is 5.65 Å². The fourth-order valence-electron chi connectivity index (χ4n) is 3.18. The molecule has 0 atom stereocenters. The van der Waals surface area contributed by atoms with Crippen LogP contribution in [0.2, 0.25) is 10.0 Å². The summed E-state index contributed by atoms with van der Waals surface area (Å²) < 4.78 is 1.86. The van der Waals surface area contributed by atoms with Gasteiger partial charge in [-0.25, -0.2) is 9.78 Å². The van der Waals surface area contributed by atoms with E-state index in [1.807, 2.05) is 40.9 Å². The molecule has 0 spiro atoms. The highest BCUT2D eigenvalue weighted by Gasteiger charge is 2.18. The summed E-state index contributed by atoms with van der Waals surface area (Å²) in [5.74, 6) is -1.47. The summed E-state index contributed by atoms with van der Waals surface area (Å²) in [4.78, 5) is 28.7. The molecule has 0 aliphatic carbocycles. The first-order valence-corrected chi connectivity index (χ1v) is 9.72. The number of carbonyl (C=O) groups excluding carboxylic acids is 1. The van der Waals surface area contributed by atoms with Crippen LogP contribution >= 0.6 is 23.2 Å². The molecular formula is C22H15Cl2N3O3. The maximum absolute atomic E-state index is 12.8. The number of carbonyl (C=O) groups is 2. The second-order valence-corrected chi connectivity index (χ2v) is 7.41. The number of benzene rings is 2. The van der Waals surface area contributed by atoms with Crippen LogP contribution in [0.3, 0.4) is 0 Å². The van der Waals surface area contributed by atoms with Crippen molar-refractivity contribution in [3.63, 3.8) is 0 Å². The van der Waals surface area contributed by atoms with Crippen molar-refractivity contribution in [3.8, 4) is 11.3 Å². The van der Waals surface area contributed by atoms with E-state index in [0.717, 1.165) is 5.56 Å². The van der Waals surface area contributed by atoms with E-state index in [1.165, 1.54) is 12.1 Å². The number of imidazole rings is 1. The molecular weight excluding hydrogens is 425 g/mol. The lowest BCUT2D eigenvalue weighted by Gasteiger charge is -2.09. The largest absolute Gasteiger partial charge is 0.478 e. The Morgan fingerprint density at radius 1 is 1.03 bits per heavy atom. The number of fused-ring (bicyclic) bond motifs is 1. The number of nitrogens with zero attached hydrogens (tertiary/aromatic N) is 2. The summed E-state index contributed by atoms with van der Waals surface area (Å²) in [5.41, 5.74) is 3.21. The molecule has 30 heavy (non-hydrogen) atoms. The topological polar surface area (TPSA) is 83.7 Å². The Hall–Kier alpha value is -3.35. The van der Waals surface area contributed by atoms with E-state index in [2.05, 4.69) is 10.3 Å². The highest BCUT2D eigenvalue weighted by Crippen LogP contribution is 2.27. The molecule has 1 amide bonds. The predicted octanol–water partition coefficient (Wildman–Crippen LogP) is 5.19. The molecule has 2 aromatic heterocycles. The van der Waals surface area contributed by atoms with E-state index in [0.29, 0.717) is 27.7 Å². The van der Waals surface area contributed by atoms with Crippen molar-refractivity contribution < 1.29 is 14.7 Å². The molecule has 6 nitrogen and oxygen atoms in total. The van der Waals surface area contributed by atoms with E-state index in [9.17, 15) is 14.7 Å². The Kier molecular flexibility index (Phi) is 5.44. The van der Waals surface area contributed by atoms with Crippen molar-refractivity contribution in [2.45, 2.75) is 6.42 Å². The average molecular weight is 440 g/mol. The summed E-state index contributed by atoms with van der Waals surface area (Å²) in [6, 6.07) is 17.2. The highest BCUT2D eigenvalue weighted by molar-refractivity contribution is 6.33. The first kappa shape index (κ1) is 19.9. The first-order valence-electron chi connectivity index (χ1n) is 8.97. The van der Waals surface area contributed by atoms with Gasteiger partial charge in [0, 0.05) is 22.5 Å². The predicted molar refractivity (Wildman–Crippen MR) is 116 cm³/mol. The van der Waals surface area contributed by atoms with Gasteiger partial charge in [0.15, 0.2) is 0 Å². The van der Waals surface area contributed by atoms with E-state index >= 15 is 0 Å². The zero-order valence-electron chi connectivity index (χ0n) is 15.5. The third-order valence-corrected chi connectivity index (χ3v) is 5.14. The van der Waals surface area contributed by atoms with Crippen molar-refractivity contribution >= 4 is 46.4 Å². The van der Waals surface area contributed by atoms with Crippen LogP contribution in [0.15, 0.2) is 66.9 Å². The fourth-order valence-corrected chi connectivity index (χ4v) is 3.50. The number of hydrogen-bond acceptors (Lipinski definition) is 3. The van der Waals surface area contributed by atoms with Gasteiger partial charge in [-0.05, 0) is 42.5 Å². The van der Waals surface area contributed by atoms with Gasteiger partial charge in [-0.3, -0.25) is 4.79 Å². The SMILES string of the molecule is O=C(Cc1c(-c2ccc(Cl)cc2)nc2ccccn12)Nc1ccc(Cl)c(C(=O)O)c1. The lowest BCUT2D eigenvalue weighted by atomic mass is 10.1. The van der Waals surface area contributed by atoms with Crippen molar-refractivity contribution in [1.29, 1.82) is 0 Å². The molecule has 0 radical (unpaired) electrons. The van der Waals surface area contributed by atoms with Gasteiger partial charge < -0.3 is 14.8 Å². The lowest BCUT2D eigenvalue weighted by Crippen LogP contribution is -2.16. The van der Waals surface area contributed by atoms with Crippen LogP contribution in [0.25, 0.3) is 16.9 Å². The number of halogens is 2. The number of amides is 1. The van der Waals surface area contributed by atoms with Crippen LogP contribution in [-0.2, 0) is 11.2 Å². The minimum Gasteiger partial charge on any atom is -0.478 e. The van der Waals surface area contributed by atoms with Gasteiger partial charge in [0.05, 0.1) is 28.4 Å². The van der Waals surface area contributed by atoms with Gasteiger partial charge in [-0.1, -0.05) is 41.4 Å². The molecule has 0 saturated carbocycles. The molecule has 0 bridgehead atoms. The lowest BCUT2D eigenvalue weighted by molar-refractivity contribution is -0.115. The molecule has 8 heteroatoms. The van der Waals surface area contributed by atoms with Crippen LogP contribution in [-0.4, -0.2) is 26.4 Å². The minimum absolute atomic E-state index is 0.0359. The van der Waals surface area contributed by atoms with Crippen molar-refractivity contribution in [3.05, 3.63) is 88.2 Å². The third-order valence-electron chi connectivity index (χ3n) is 4.56. The Balaban J connectivity index is 1.67. The van der Waals surface area contributed by atoms with Crippen LogP contribution < -0.4 is 5.32 Å². The number of aromatic nitrogens is 2. The molecule has 0 saturated heterocycles. The number of pyridine rings is 1. The summed E-state index contributed by atoms with van der Waals surface area (Å²) in [6.07, 6.45) is 1.88. The van der Waals surface area contributed by atoms with Crippen LogP contribution in [0.4, 0.5) is 5.69 Å². The molecule has 150 valence electrons. The summed E-state index contributed by atoms with van der Waals surface area (Å²) >= 11 is 11.9. The van der Waals surface area contributed by atoms with Gasteiger partial charge in [-0.2, -0.15) is 0 Å². The van der Waals surface area contributed by atoms with Gasteiger partial charge >= 0.3 is 5.97 Å². The summed E-state index contributed by atoms with van der Waals surface area (Å²) in [7, 11) is 0. The number of nitrogens with one attached hydrogen (secondary N) is 1. The average Bonchev–Trinajstić information content (AvgIpc) is 3.08. The molecule has 0 fully saturated rings. The molecule has 2 heterocycles. The van der Waals surface area contributed by atoms with E-state index < -0.39 is 5.97 Å². The second kappa shape index (κ2) is 8.18. The van der Waals surface area contributed by atoms with Crippen molar-refractivity contribution in [2.24, 2.45) is 0 Å². The minimum atomic E-state index is -1.16. The molecule has 2 N–H and O–H groups in total. The Morgan fingerprint density at radius 3 is 2.53 bits per heavy atom. The normalized spacial score (nSPS) is 10.9.